The van der Waals surface area contributed by atoms with Gasteiger partial charge in [-0.05, 0) is 67.4 Å². The number of hydrogen-bond donors (Lipinski definition) is 0. The third-order valence-electron chi connectivity index (χ3n) is 4.43. The molecule has 0 saturated heterocycles. The van der Waals surface area contributed by atoms with Gasteiger partial charge < -0.3 is 4.57 Å². The van der Waals surface area contributed by atoms with Crippen LogP contribution in [0.3, 0.4) is 0 Å². The maximum Gasteiger partial charge on any atom is 0.269 e. The monoisotopic (exact) mass is 411 g/mol. The van der Waals surface area contributed by atoms with Gasteiger partial charge in [0.2, 0.25) is 0 Å². The van der Waals surface area contributed by atoms with Crippen molar-refractivity contribution in [2.45, 2.75) is 13.8 Å². The van der Waals surface area contributed by atoms with Gasteiger partial charge in [-0.25, -0.2) is 0 Å². The van der Waals surface area contributed by atoms with Gasteiger partial charge in [0.1, 0.15) is 0 Å². The first kappa shape index (κ1) is 19.7. The zero-order valence-electron chi connectivity index (χ0n) is 15.1. The zero-order valence-corrected chi connectivity index (χ0v) is 16.6. The Kier molecular flexibility index (Phi) is 5.55. The first-order valence-electron chi connectivity index (χ1n) is 8.33. The van der Waals surface area contributed by atoms with E-state index in [4.69, 9.17) is 23.2 Å². The molecule has 1 heterocycles. The van der Waals surface area contributed by atoms with Crippen molar-refractivity contribution >= 4 is 40.5 Å². The molecular weight excluding hydrogens is 397 g/mol. The summed E-state index contributed by atoms with van der Waals surface area (Å²) in [5.41, 5.74) is 4.54. The lowest BCUT2D eigenvalue weighted by Gasteiger charge is -2.12. The number of benzene rings is 2. The summed E-state index contributed by atoms with van der Waals surface area (Å²) in [5.74, 6) is 0. The molecule has 0 aliphatic carbocycles. The van der Waals surface area contributed by atoms with E-state index in [9.17, 15) is 15.4 Å². The van der Waals surface area contributed by atoms with Crippen molar-refractivity contribution in [3.05, 3.63) is 91.2 Å². The van der Waals surface area contributed by atoms with E-state index in [1.54, 1.807) is 30.3 Å². The molecule has 5 nitrogen and oxygen atoms in total. The van der Waals surface area contributed by atoms with Crippen molar-refractivity contribution in [2.75, 3.05) is 0 Å². The molecule has 0 unspecified atom stereocenters. The molecule has 0 spiro atoms. The quantitative estimate of drug-likeness (QED) is 0.284. The number of hydrogen-bond acceptors (Lipinski definition) is 3. The van der Waals surface area contributed by atoms with Crippen molar-refractivity contribution in [3.63, 3.8) is 0 Å². The Hall–Kier alpha value is -3.07. The summed E-state index contributed by atoms with van der Waals surface area (Å²) in [6.07, 6.45) is 1.77. The molecule has 0 fully saturated rings. The Morgan fingerprint density at radius 2 is 1.82 bits per heavy atom. The highest BCUT2D eigenvalue weighted by atomic mass is 35.5. The Morgan fingerprint density at radius 3 is 2.39 bits per heavy atom. The van der Waals surface area contributed by atoms with E-state index in [0.717, 1.165) is 22.6 Å². The van der Waals surface area contributed by atoms with Crippen molar-refractivity contribution in [2.24, 2.45) is 0 Å². The number of nitrogens with zero attached hydrogens (tertiary/aromatic N) is 3. The number of rotatable bonds is 4. The Bertz CT molecular complexity index is 1140. The molecule has 0 amide bonds. The number of non-ortho nitro benzene ring substituents is 1. The lowest BCUT2D eigenvalue weighted by Crippen LogP contribution is -2.00. The lowest BCUT2D eigenvalue weighted by atomic mass is 10.0. The third-order valence-corrected chi connectivity index (χ3v) is 4.97. The Balaban J connectivity index is 2.06. The summed E-state index contributed by atoms with van der Waals surface area (Å²) in [6.45, 7) is 3.89. The molecule has 140 valence electrons. The number of halogens is 2. The van der Waals surface area contributed by atoms with Crippen LogP contribution in [0.1, 0.15) is 22.5 Å². The number of nitriles is 1. The molecule has 3 aromatic rings. The molecule has 0 bridgehead atoms. The summed E-state index contributed by atoms with van der Waals surface area (Å²) in [4.78, 5) is 10.3. The number of aromatic nitrogens is 1. The minimum Gasteiger partial charge on any atom is -0.316 e. The summed E-state index contributed by atoms with van der Waals surface area (Å²) < 4.78 is 2.00. The van der Waals surface area contributed by atoms with Crippen molar-refractivity contribution in [1.82, 2.24) is 4.57 Å². The van der Waals surface area contributed by atoms with Crippen LogP contribution in [0, 0.1) is 35.3 Å². The van der Waals surface area contributed by atoms with Crippen LogP contribution in [0.15, 0.2) is 48.5 Å². The second-order valence-electron chi connectivity index (χ2n) is 6.23. The number of aryl methyl sites for hydroxylation is 1. The molecule has 0 N–H and O–H groups in total. The second-order valence-corrected chi connectivity index (χ2v) is 7.08. The highest BCUT2D eigenvalue weighted by Gasteiger charge is 2.14. The normalized spacial score (nSPS) is 11.3. The smallest absolute Gasteiger partial charge is 0.269 e. The van der Waals surface area contributed by atoms with E-state index in [0.29, 0.717) is 21.2 Å². The standard InChI is InChI=1S/C21H15Cl2N3O2/c1-13-9-16(14(2)25(13)21-8-5-18(22)11-20(21)23)10-17(12-24)15-3-6-19(7-4-15)26(27)28/h3-11H,1-2H3/b17-10-. The molecule has 7 heteroatoms. The first-order valence-corrected chi connectivity index (χ1v) is 9.08. The van der Waals surface area contributed by atoms with Crippen LogP contribution in [-0.4, -0.2) is 9.49 Å². The number of nitro groups is 1. The van der Waals surface area contributed by atoms with Crippen molar-refractivity contribution in [1.29, 1.82) is 5.26 Å². The fourth-order valence-electron chi connectivity index (χ4n) is 3.07. The number of nitro benzene ring substituents is 1. The largest absolute Gasteiger partial charge is 0.316 e. The summed E-state index contributed by atoms with van der Waals surface area (Å²) in [5, 5.41) is 21.5. The van der Waals surface area contributed by atoms with Crippen LogP contribution in [0.25, 0.3) is 17.3 Å². The van der Waals surface area contributed by atoms with Crippen LogP contribution in [0.5, 0.6) is 0 Å². The van der Waals surface area contributed by atoms with Gasteiger partial charge in [0, 0.05) is 28.5 Å². The van der Waals surface area contributed by atoms with E-state index in [2.05, 4.69) is 6.07 Å². The van der Waals surface area contributed by atoms with Crippen LogP contribution in [0.2, 0.25) is 10.0 Å². The number of allylic oxidation sites excluding steroid dienone is 1. The SMILES string of the molecule is Cc1cc(/C=C(/C#N)c2ccc([N+](=O)[O-])cc2)c(C)n1-c1ccc(Cl)cc1Cl. The minimum atomic E-state index is -0.469. The van der Waals surface area contributed by atoms with Gasteiger partial charge >= 0.3 is 0 Å². The Labute approximate surface area is 172 Å². The summed E-state index contributed by atoms with van der Waals surface area (Å²) in [7, 11) is 0. The van der Waals surface area contributed by atoms with Crippen molar-refractivity contribution < 1.29 is 4.92 Å². The highest BCUT2D eigenvalue weighted by Crippen LogP contribution is 2.30. The average Bonchev–Trinajstić information content (AvgIpc) is 2.93. The van der Waals surface area contributed by atoms with Gasteiger partial charge in [-0.1, -0.05) is 23.2 Å². The van der Waals surface area contributed by atoms with Gasteiger partial charge in [-0.3, -0.25) is 10.1 Å². The molecule has 28 heavy (non-hydrogen) atoms. The van der Waals surface area contributed by atoms with E-state index in [-0.39, 0.29) is 5.69 Å². The van der Waals surface area contributed by atoms with Crippen molar-refractivity contribution in [3.8, 4) is 11.8 Å². The zero-order chi connectivity index (χ0) is 20.4. The topological polar surface area (TPSA) is 71.9 Å². The van der Waals surface area contributed by atoms with Crippen LogP contribution < -0.4 is 0 Å². The van der Waals surface area contributed by atoms with Crippen LogP contribution >= 0.6 is 23.2 Å². The predicted molar refractivity (Wildman–Crippen MR) is 112 cm³/mol. The van der Waals surface area contributed by atoms with Gasteiger partial charge in [0.25, 0.3) is 5.69 Å². The molecule has 0 saturated carbocycles. The fraction of sp³-hybridized carbons (Fsp3) is 0.0952. The molecule has 0 aliphatic rings. The maximum absolute atomic E-state index is 10.8. The van der Waals surface area contributed by atoms with E-state index >= 15 is 0 Å². The molecule has 0 radical (unpaired) electrons. The van der Waals surface area contributed by atoms with Gasteiger partial charge in [-0.2, -0.15) is 5.26 Å². The highest BCUT2D eigenvalue weighted by molar-refractivity contribution is 6.35. The van der Waals surface area contributed by atoms with Crippen LogP contribution in [-0.2, 0) is 0 Å². The second kappa shape index (κ2) is 7.89. The van der Waals surface area contributed by atoms with E-state index in [1.165, 1.54) is 12.1 Å². The maximum atomic E-state index is 10.8. The fourth-order valence-corrected chi connectivity index (χ4v) is 3.56. The molecule has 3 rings (SSSR count). The predicted octanol–water partition coefficient (Wildman–Crippen LogP) is 6.37. The van der Waals surface area contributed by atoms with Gasteiger partial charge in [-0.15, -0.1) is 0 Å². The van der Waals surface area contributed by atoms with Gasteiger partial charge in [0.15, 0.2) is 0 Å². The molecule has 0 atom stereocenters. The lowest BCUT2D eigenvalue weighted by molar-refractivity contribution is -0.384. The first-order chi connectivity index (χ1) is 13.3. The Morgan fingerprint density at radius 1 is 1.14 bits per heavy atom. The third kappa shape index (κ3) is 3.79. The minimum absolute atomic E-state index is 0.0170. The molecule has 1 aromatic heterocycles. The van der Waals surface area contributed by atoms with Crippen LogP contribution in [0.4, 0.5) is 5.69 Å². The average molecular weight is 412 g/mol. The summed E-state index contributed by atoms with van der Waals surface area (Å²) in [6, 6.07) is 15.4. The molecular formula is C21H15Cl2N3O2. The molecule has 0 aliphatic heterocycles. The molecule has 2 aromatic carbocycles. The van der Waals surface area contributed by atoms with E-state index in [1.807, 2.05) is 30.5 Å². The summed E-state index contributed by atoms with van der Waals surface area (Å²) >= 11 is 12.4. The van der Waals surface area contributed by atoms with Gasteiger partial charge in [0.05, 0.1) is 27.3 Å². The van der Waals surface area contributed by atoms with E-state index < -0.39 is 4.92 Å².